The molecule has 3 aromatic rings. The van der Waals surface area contributed by atoms with Gasteiger partial charge in [-0.2, -0.15) is 13.2 Å². The van der Waals surface area contributed by atoms with Crippen LogP contribution in [0.1, 0.15) is 46.9 Å². The number of nitrogens with zero attached hydrogens (tertiary/aromatic N) is 2. The average molecular weight is 478 g/mol. The van der Waals surface area contributed by atoms with Crippen LogP contribution in [0.2, 0.25) is 0 Å². The SMILES string of the molecule is CCN1Cc2c(ccnc2NC(C)c2cc(F)c(-c3cc(C(F)(F)F)cc(=O)[nH]3)cc2F)C1=O. The van der Waals surface area contributed by atoms with E-state index >= 15 is 0 Å². The second kappa shape index (κ2) is 8.54. The largest absolute Gasteiger partial charge is 0.416 e. The maximum absolute atomic E-state index is 15.0. The average Bonchev–Trinajstić information content (AvgIpc) is 3.10. The Kier molecular flexibility index (Phi) is 5.88. The number of carbonyl (C=O) groups excluding carboxylic acids is 1. The zero-order valence-corrected chi connectivity index (χ0v) is 18.1. The van der Waals surface area contributed by atoms with E-state index in [1.54, 1.807) is 17.9 Å². The Labute approximate surface area is 190 Å². The van der Waals surface area contributed by atoms with Crippen LogP contribution in [0, 0.1) is 11.6 Å². The van der Waals surface area contributed by atoms with Crippen molar-refractivity contribution in [1.29, 1.82) is 0 Å². The van der Waals surface area contributed by atoms with Crippen LogP contribution in [0.15, 0.2) is 41.3 Å². The van der Waals surface area contributed by atoms with Crippen molar-refractivity contribution in [3.63, 3.8) is 0 Å². The molecule has 3 heterocycles. The number of nitrogens with one attached hydrogen (secondary N) is 2. The van der Waals surface area contributed by atoms with Crippen LogP contribution in [-0.4, -0.2) is 27.3 Å². The number of hydrogen-bond acceptors (Lipinski definition) is 4. The molecule has 1 atom stereocenters. The van der Waals surface area contributed by atoms with E-state index in [0.29, 0.717) is 42.2 Å². The molecule has 1 aromatic carbocycles. The fraction of sp³-hybridized carbons (Fsp3) is 0.261. The first kappa shape index (κ1) is 23.4. The van der Waals surface area contributed by atoms with E-state index in [4.69, 9.17) is 0 Å². The molecular weight excluding hydrogens is 459 g/mol. The number of halogens is 5. The summed E-state index contributed by atoms with van der Waals surface area (Å²) in [6.07, 6.45) is -3.39. The second-order valence-corrected chi connectivity index (χ2v) is 7.87. The number of fused-ring (bicyclic) bond motifs is 1. The van der Waals surface area contributed by atoms with E-state index in [1.807, 2.05) is 6.92 Å². The number of H-pyrrole nitrogens is 1. The smallest absolute Gasteiger partial charge is 0.363 e. The molecule has 0 bridgehead atoms. The molecule has 1 aliphatic rings. The highest BCUT2D eigenvalue weighted by Gasteiger charge is 2.32. The summed E-state index contributed by atoms with van der Waals surface area (Å²) >= 11 is 0. The number of aromatic amines is 1. The second-order valence-electron chi connectivity index (χ2n) is 7.87. The van der Waals surface area contributed by atoms with Gasteiger partial charge in [0.25, 0.3) is 5.91 Å². The fourth-order valence-corrected chi connectivity index (χ4v) is 3.90. The van der Waals surface area contributed by atoms with Crippen molar-refractivity contribution >= 4 is 11.7 Å². The number of carbonyl (C=O) groups is 1. The van der Waals surface area contributed by atoms with Gasteiger partial charge in [-0.25, -0.2) is 13.8 Å². The Balaban J connectivity index is 1.66. The van der Waals surface area contributed by atoms with Crippen LogP contribution in [0.25, 0.3) is 11.3 Å². The Bertz CT molecular complexity index is 1340. The number of benzene rings is 1. The number of rotatable bonds is 5. The van der Waals surface area contributed by atoms with Gasteiger partial charge >= 0.3 is 6.18 Å². The zero-order chi connectivity index (χ0) is 24.8. The molecule has 0 fully saturated rings. The van der Waals surface area contributed by atoms with Crippen LogP contribution in [0.5, 0.6) is 0 Å². The van der Waals surface area contributed by atoms with Crippen molar-refractivity contribution in [3.8, 4) is 11.3 Å². The van der Waals surface area contributed by atoms with Gasteiger partial charge in [-0.05, 0) is 38.1 Å². The molecule has 1 amide bonds. The number of aromatic nitrogens is 2. The molecular formula is C23H19F5N4O2. The number of pyridine rings is 2. The molecule has 34 heavy (non-hydrogen) atoms. The van der Waals surface area contributed by atoms with E-state index in [0.717, 1.165) is 12.1 Å². The number of anilines is 1. The predicted molar refractivity (Wildman–Crippen MR) is 114 cm³/mol. The molecule has 2 aromatic heterocycles. The minimum absolute atomic E-state index is 0.105. The van der Waals surface area contributed by atoms with E-state index in [2.05, 4.69) is 15.3 Å². The van der Waals surface area contributed by atoms with Gasteiger partial charge in [0.2, 0.25) is 5.56 Å². The van der Waals surface area contributed by atoms with E-state index < -0.39 is 46.2 Å². The first-order chi connectivity index (χ1) is 16.0. The van der Waals surface area contributed by atoms with Gasteiger partial charge in [-0.3, -0.25) is 9.59 Å². The van der Waals surface area contributed by atoms with Crippen molar-refractivity contribution in [2.75, 3.05) is 11.9 Å². The van der Waals surface area contributed by atoms with Gasteiger partial charge in [0.15, 0.2) is 0 Å². The lowest BCUT2D eigenvalue weighted by Gasteiger charge is -2.19. The summed E-state index contributed by atoms with van der Waals surface area (Å²) in [5, 5.41) is 2.99. The summed E-state index contributed by atoms with van der Waals surface area (Å²) in [6.45, 7) is 4.22. The van der Waals surface area contributed by atoms with E-state index in [9.17, 15) is 31.5 Å². The lowest BCUT2D eigenvalue weighted by Crippen LogP contribution is -2.22. The molecule has 0 spiro atoms. The third kappa shape index (κ3) is 4.25. The van der Waals surface area contributed by atoms with E-state index in [-0.39, 0.29) is 11.5 Å². The van der Waals surface area contributed by atoms with Crippen LogP contribution >= 0.6 is 0 Å². The quantitative estimate of drug-likeness (QED) is 0.513. The summed E-state index contributed by atoms with van der Waals surface area (Å²) < 4.78 is 68.9. The van der Waals surface area contributed by atoms with Crippen LogP contribution < -0.4 is 10.9 Å². The molecule has 11 heteroatoms. The Hall–Kier alpha value is -3.76. The van der Waals surface area contributed by atoms with Crippen molar-refractivity contribution in [2.45, 2.75) is 32.6 Å². The number of alkyl halides is 3. The molecule has 0 radical (unpaired) electrons. The van der Waals surface area contributed by atoms with Crippen molar-refractivity contribution in [3.05, 3.63) is 80.8 Å². The summed E-state index contributed by atoms with van der Waals surface area (Å²) in [4.78, 5) is 32.0. The summed E-state index contributed by atoms with van der Waals surface area (Å²) in [5.74, 6) is -1.71. The third-order valence-corrected chi connectivity index (χ3v) is 5.67. The van der Waals surface area contributed by atoms with Gasteiger partial charge in [0.05, 0.1) is 23.8 Å². The molecule has 1 unspecified atom stereocenters. The first-order valence-corrected chi connectivity index (χ1v) is 10.3. The van der Waals surface area contributed by atoms with Crippen LogP contribution in [0.3, 0.4) is 0 Å². The van der Waals surface area contributed by atoms with Crippen molar-refractivity contribution in [1.82, 2.24) is 14.9 Å². The summed E-state index contributed by atoms with van der Waals surface area (Å²) in [7, 11) is 0. The molecule has 4 rings (SSSR count). The molecule has 0 saturated carbocycles. The van der Waals surface area contributed by atoms with E-state index in [1.165, 1.54) is 6.20 Å². The van der Waals surface area contributed by atoms with Crippen LogP contribution in [-0.2, 0) is 12.7 Å². The van der Waals surface area contributed by atoms with Crippen molar-refractivity contribution in [2.24, 2.45) is 0 Å². The molecule has 178 valence electrons. The van der Waals surface area contributed by atoms with Gasteiger partial charge in [0, 0.05) is 41.1 Å². The summed E-state index contributed by atoms with van der Waals surface area (Å²) in [5.41, 5.74) is -2.37. The lowest BCUT2D eigenvalue weighted by molar-refractivity contribution is -0.137. The third-order valence-electron chi connectivity index (χ3n) is 5.67. The maximum Gasteiger partial charge on any atom is 0.416 e. The minimum Gasteiger partial charge on any atom is -0.363 e. The molecule has 1 aliphatic heterocycles. The highest BCUT2D eigenvalue weighted by atomic mass is 19.4. The Morgan fingerprint density at radius 3 is 2.53 bits per heavy atom. The Morgan fingerprint density at radius 1 is 1.12 bits per heavy atom. The highest BCUT2D eigenvalue weighted by Crippen LogP contribution is 2.34. The van der Waals surface area contributed by atoms with Crippen molar-refractivity contribution < 1.29 is 26.7 Å². The predicted octanol–water partition coefficient (Wildman–Crippen LogP) is 4.88. The highest BCUT2D eigenvalue weighted by molar-refractivity contribution is 5.99. The Morgan fingerprint density at radius 2 is 1.85 bits per heavy atom. The van der Waals surface area contributed by atoms with Gasteiger partial charge in [-0.15, -0.1) is 0 Å². The van der Waals surface area contributed by atoms with Gasteiger partial charge < -0.3 is 15.2 Å². The maximum atomic E-state index is 15.0. The molecule has 2 N–H and O–H groups in total. The molecule has 0 saturated heterocycles. The van der Waals surface area contributed by atoms with Gasteiger partial charge in [0.1, 0.15) is 17.5 Å². The number of amides is 1. The summed E-state index contributed by atoms with van der Waals surface area (Å²) in [6, 6.07) is 3.28. The first-order valence-electron chi connectivity index (χ1n) is 10.3. The molecule has 6 nitrogen and oxygen atoms in total. The van der Waals surface area contributed by atoms with Gasteiger partial charge in [-0.1, -0.05) is 0 Å². The number of hydrogen-bond donors (Lipinski definition) is 2. The monoisotopic (exact) mass is 478 g/mol. The standard InChI is InChI=1S/C23H19F5N4O2/c1-3-32-10-16-13(22(32)34)4-5-29-21(16)30-11(2)14-8-18(25)15(9-17(14)24)19-6-12(23(26,27)28)7-20(33)31-19/h4-9,11H,3,10H2,1-2H3,(H,29,30)(H,31,33). The lowest BCUT2D eigenvalue weighted by atomic mass is 10.0. The topological polar surface area (TPSA) is 78.1 Å². The van der Waals surface area contributed by atoms with Crippen LogP contribution in [0.4, 0.5) is 27.8 Å². The fourth-order valence-electron chi connectivity index (χ4n) is 3.90. The molecule has 0 aliphatic carbocycles. The zero-order valence-electron chi connectivity index (χ0n) is 18.1. The minimum atomic E-state index is -4.83. The normalized spacial score (nSPS) is 14.3.